The van der Waals surface area contributed by atoms with E-state index in [9.17, 15) is 4.39 Å². The number of aryl methyl sites for hydroxylation is 1. The smallest absolute Gasteiger partial charge is 0.126 e. The van der Waals surface area contributed by atoms with Crippen LogP contribution in [0.5, 0.6) is 0 Å². The zero-order valence-corrected chi connectivity index (χ0v) is 11.5. The van der Waals surface area contributed by atoms with Crippen molar-refractivity contribution < 1.29 is 4.39 Å². The molecular weight excluding hydrogens is 227 g/mol. The van der Waals surface area contributed by atoms with Crippen LogP contribution in [0.3, 0.4) is 0 Å². The van der Waals surface area contributed by atoms with Gasteiger partial charge in [0.15, 0.2) is 0 Å². The molecule has 0 aliphatic carbocycles. The lowest BCUT2D eigenvalue weighted by Crippen LogP contribution is -2.36. The summed E-state index contributed by atoms with van der Waals surface area (Å²) in [5.41, 5.74) is 1.99. The molecule has 1 saturated heterocycles. The third kappa shape index (κ3) is 2.90. The number of nitrogens with one attached hydrogen (secondary N) is 1. The quantitative estimate of drug-likeness (QED) is 0.887. The molecule has 1 heterocycles. The maximum Gasteiger partial charge on any atom is 0.126 e. The molecule has 100 valence electrons. The average molecular weight is 250 g/mol. The second-order valence-electron chi connectivity index (χ2n) is 5.50. The summed E-state index contributed by atoms with van der Waals surface area (Å²) in [4.78, 5) is 2.27. The molecule has 0 spiro atoms. The Hall–Kier alpha value is -0.930. The molecule has 1 N–H and O–H groups in total. The Kier molecular flexibility index (Phi) is 4.36. The second-order valence-corrected chi connectivity index (χ2v) is 5.50. The van der Waals surface area contributed by atoms with Crippen LogP contribution < -0.4 is 5.32 Å². The topological polar surface area (TPSA) is 15.3 Å². The lowest BCUT2D eigenvalue weighted by molar-refractivity contribution is 0.177. The molecule has 1 aliphatic rings. The molecule has 2 nitrogen and oxygen atoms in total. The van der Waals surface area contributed by atoms with Crippen LogP contribution in [0.25, 0.3) is 0 Å². The summed E-state index contributed by atoms with van der Waals surface area (Å²) < 4.78 is 13.4. The van der Waals surface area contributed by atoms with Crippen LogP contribution in [0.4, 0.5) is 4.39 Å². The van der Waals surface area contributed by atoms with Crippen LogP contribution in [-0.2, 0) is 0 Å². The maximum atomic E-state index is 13.4. The zero-order valence-electron chi connectivity index (χ0n) is 11.5. The molecule has 1 atom stereocenters. The van der Waals surface area contributed by atoms with Gasteiger partial charge in [0.25, 0.3) is 0 Å². The van der Waals surface area contributed by atoms with Crippen molar-refractivity contribution in [1.82, 2.24) is 10.2 Å². The van der Waals surface area contributed by atoms with E-state index in [-0.39, 0.29) is 5.82 Å². The van der Waals surface area contributed by atoms with Crippen molar-refractivity contribution in [3.63, 3.8) is 0 Å². The van der Waals surface area contributed by atoms with Crippen molar-refractivity contribution in [3.05, 3.63) is 35.1 Å². The molecule has 18 heavy (non-hydrogen) atoms. The van der Waals surface area contributed by atoms with E-state index in [0.29, 0.717) is 12.0 Å². The molecule has 1 aromatic carbocycles. The van der Waals surface area contributed by atoms with Crippen molar-refractivity contribution in [2.24, 2.45) is 5.92 Å². The highest BCUT2D eigenvalue weighted by molar-refractivity contribution is 5.27. The highest BCUT2D eigenvalue weighted by atomic mass is 19.1. The molecule has 1 fully saturated rings. The molecule has 1 unspecified atom stereocenters. The summed E-state index contributed by atoms with van der Waals surface area (Å²) in [5, 5.41) is 3.40. The van der Waals surface area contributed by atoms with E-state index in [1.54, 1.807) is 6.07 Å². The summed E-state index contributed by atoms with van der Waals surface area (Å²) in [6, 6.07) is 5.94. The van der Waals surface area contributed by atoms with Crippen molar-refractivity contribution in [2.45, 2.75) is 25.8 Å². The lowest BCUT2D eigenvalue weighted by Gasteiger charge is -2.35. The third-order valence-electron chi connectivity index (χ3n) is 3.91. The molecule has 0 amide bonds. The van der Waals surface area contributed by atoms with Gasteiger partial charge in [0, 0.05) is 6.04 Å². The number of rotatable bonds is 3. The first-order valence-corrected chi connectivity index (χ1v) is 6.73. The fourth-order valence-corrected chi connectivity index (χ4v) is 3.00. The van der Waals surface area contributed by atoms with E-state index in [4.69, 9.17) is 0 Å². The number of benzene rings is 1. The van der Waals surface area contributed by atoms with Crippen molar-refractivity contribution >= 4 is 0 Å². The summed E-state index contributed by atoms with van der Waals surface area (Å²) >= 11 is 0. The molecule has 0 saturated carbocycles. The Labute approximate surface area is 109 Å². The molecule has 1 aromatic rings. The van der Waals surface area contributed by atoms with Crippen LogP contribution in [0.1, 0.15) is 30.0 Å². The van der Waals surface area contributed by atoms with Gasteiger partial charge in [-0.25, -0.2) is 4.39 Å². The first-order valence-electron chi connectivity index (χ1n) is 6.73. The van der Waals surface area contributed by atoms with Crippen LogP contribution >= 0.6 is 0 Å². The van der Waals surface area contributed by atoms with E-state index >= 15 is 0 Å². The predicted octanol–water partition coefficient (Wildman–Crippen LogP) is 2.74. The lowest BCUT2D eigenvalue weighted by atomic mass is 9.85. The van der Waals surface area contributed by atoms with Crippen molar-refractivity contribution in [1.29, 1.82) is 0 Å². The van der Waals surface area contributed by atoms with Gasteiger partial charge < -0.3 is 10.2 Å². The minimum absolute atomic E-state index is 0.110. The Morgan fingerprint density at radius 2 is 1.94 bits per heavy atom. The van der Waals surface area contributed by atoms with Gasteiger partial charge in [0.1, 0.15) is 5.82 Å². The normalized spacial score (nSPS) is 19.2. The van der Waals surface area contributed by atoms with E-state index in [1.807, 2.05) is 19.1 Å². The number of hydrogen-bond acceptors (Lipinski definition) is 2. The zero-order chi connectivity index (χ0) is 13.1. The highest BCUT2D eigenvalue weighted by Crippen LogP contribution is 2.33. The van der Waals surface area contributed by atoms with Gasteiger partial charge in [-0.1, -0.05) is 12.1 Å². The first-order chi connectivity index (χ1) is 8.59. The Morgan fingerprint density at radius 3 is 2.50 bits per heavy atom. The van der Waals surface area contributed by atoms with Gasteiger partial charge in [-0.2, -0.15) is 0 Å². The van der Waals surface area contributed by atoms with Crippen molar-refractivity contribution in [3.8, 4) is 0 Å². The predicted molar refractivity (Wildman–Crippen MR) is 73.2 cm³/mol. The van der Waals surface area contributed by atoms with Crippen molar-refractivity contribution in [2.75, 3.05) is 27.2 Å². The van der Waals surface area contributed by atoms with Gasteiger partial charge in [-0.05, 0) is 70.1 Å². The van der Waals surface area contributed by atoms with Crippen LogP contribution in [0.2, 0.25) is 0 Å². The van der Waals surface area contributed by atoms with Crippen LogP contribution in [0.15, 0.2) is 18.2 Å². The van der Waals surface area contributed by atoms with Gasteiger partial charge >= 0.3 is 0 Å². The maximum absolute atomic E-state index is 13.4. The van der Waals surface area contributed by atoms with Gasteiger partial charge in [-0.15, -0.1) is 0 Å². The fraction of sp³-hybridized carbons (Fsp3) is 0.600. The van der Waals surface area contributed by atoms with E-state index in [2.05, 4.69) is 24.3 Å². The SMILES string of the molecule is Cc1cc(C(C2CCNCC2)N(C)C)ccc1F. The summed E-state index contributed by atoms with van der Waals surface area (Å²) in [6.45, 7) is 4.03. The van der Waals surface area contributed by atoms with E-state index in [0.717, 1.165) is 18.7 Å². The molecule has 0 bridgehead atoms. The number of piperidine rings is 1. The van der Waals surface area contributed by atoms with Gasteiger partial charge in [0.05, 0.1) is 0 Å². The standard InChI is InChI=1S/C15H23FN2/c1-11-10-13(4-5-14(11)16)15(18(2)3)12-6-8-17-9-7-12/h4-5,10,12,15,17H,6-9H2,1-3H3. The fourth-order valence-electron chi connectivity index (χ4n) is 3.00. The average Bonchev–Trinajstić information content (AvgIpc) is 2.35. The third-order valence-corrected chi connectivity index (χ3v) is 3.91. The largest absolute Gasteiger partial charge is 0.317 e. The highest BCUT2D eigenvalue weighted by Gasteiger charge is 2.26. The molecule has 0 radical (unpaired) electrons. The Balaban J connectivity index is 2.25. The molecular formula is C15H23FN2. The molecule has 2 rings (SSSR count). The van der Waals surface area contributed by atoms with Crippen LogP contribution in [-0.4, -0.2) is 32.1 Å². The minimum atomic E-state index is -0.110. The molecule has 0 aromatic heterocycles. The molecule has 1 aliphatic heterocycles. The number of hydrogen-bond donors (Lipinski definition) is 1. The van der Waals surface area contributed by atoms with Gasteiger partial charge in [0.2, 0.25) is 0 Å². The first kappa shape index (κ1) is 13.5. The minimum Gasteiger partial charge on any atom is -0.317 e. The summed E-state index contributed by atoms with van der Waals surface area (Å²) in [6.07, 6.45) is 2.39. The van der Waals surface area contributed by atoms with E-state index < -0.39 is 0 Å². The second kappa shape index (κ2) is 5.81. The molecule has 3 heteroatoms. The Morgan fingerprint density at radius 1 is 1.28 bits per heavy atom. The monoisotopic (exact) mass is 250 g/mol. The summed E-state index contributed by atoms with van der Waals surface area (Å²) in [5.74, 6) is 0.549. The van der Waals surface area contributed by atoms with Gasteiger partial charge in [-0.3, -0.25) is 0 Å². The van der Waals surface area contributed by atoms with Crippen LogP contribution in [0, 0.1) is 18.7 Å². The number of nitrogens with zero attached hydrogens (tertiary/aromatic N) is 1. The summed E-state index contributed by atoms with van der Waals surface area (Å²) in [7, 11) is 4.23. The Bertz CT molecular complexity index is 397. The number of halogens is 1. The van der Waals surface area contributed by atoms with E-state index in [1.165, 1.54) is 18.4 Å².